The van der Waals surface area contributed by atoms with Crippen LogP contribution in [0.5, 0.6) is 0 Å². The van der Waals surface area contributed by atoms with Crippen molar-refractivity contribution in [3.8, 4) is 6.07 Å². The summed E-state index contributed by atoms with van der Waals surface area (Å²) < 4.78 is 0. The number of nitriles is 1. The maximum Gasteiger partial charge on any atom is 0.266 e. The number of benzene rings is 2. The van der Waals surface area contributed by atoms with Gasteiger partial charge in [0.15, 0.2) is 0 Å². The van der Waals surface area contributed by atoms with Gasteiger partial charge in [0.1, 0.15) is 0 Å². The lowest BCUT2D eigenvalue weighted by molar-refractivity contribution is 0.0926. The number of fused-ring (bicyclic) bond motifs is 1. The zero-order valence-corrected chi connectivity index (χ0v) is 11.7. The highest BCUT2D eigenvalue weighted by atomic mass is 16.2. The Balaban J connectivity index is 2.19. The fraction of sp³-hybridized carbons (Fsp3) is 0.118. The number of aryl methyl sites for hydroxylation is 2. The van der Waals surface area contributed by atoms with Gasteiger partial charge in [-0.15, -0.1) is 0 Å². The molecule has 4 nitrogen and oxygen atoms in total. The monoisotopic (exact) mass is 276 g/mol. The molecule has 0 bridgehead atoms. The van der Waals surface area contributed by atoms with E-state index in [4.69, 9.17) is 5.26 Å². The number of amides is 2. The van der Waals surface area contributed by atoms with Crippen LogP contribution in [0.2, 0.25) is 0 Å². The zero-order chi connectivity index (χ0) is 15.1. The summed E-state index contributed by atoms with van der Waals surface area (Å²) in [5.41, 5.74) is 3.34. The van der Waals surface area contributed by atoms with E-state index in [1.165, 1.54) is 0 Å². The Hall–Kier alpha value is -2.93. The first kappa shape index (κ1) is 13.1. The summed E-state index contributed by atoms with van der Waals surface area (Å²) >= 11 is 0. The largest absolute Gasteiger partial charge is 0.268 e. The zero-order valence-electron chi connectivity index (χ0n) is 11.7. The van der Waals surface area contributed by atoms with E-state index >= 15 is 0 Å². The van der Waals surface area contributed by atoms with E-state index in [1.807, 2.05) is 32.0 Å². The number of carbonyl (C=O) groups excluding carboxylic acids is 2. The average Bonchev–Trinajstić information content (AvgIpc) is 2.75. The topological polar surface area (TPSA) is 61.2 Å². The van der Waals surface area contributed by atoms with Gasteiger partial charge in [0.25, 0.3) is 11.8 Å². The molecule has 102 valence electrons. The summed E-state index contributed by atoms with van der Waals surface area (Å²) in [5, 5.41) is 8.96. The van der Waals surface area contributed by atoms with Crippen LogP contribution in [0.15, 0.2) is 36.4 Å². The van der Waals surface area contributed by atoms with Gasteiger partial charge in [0.05, 0.1) is 28.4 Å². The Morgan fingerprint density at radius 3 is 2.05 bits per heavy atom. The summed E-state index contributed by atoms with van der Waals surface area (Å²) in [4.78, 5) is 26.3. The Morgan fingerprint density at radius 2 is 1.52 bits per heavy atom. The van der Waals surface area contributed by atoms with E-state index in [-0.39, 0.29) is 11.8 Å². The van der Waals surface area contributed by atoms with Gasteiger partial charge >= 0.3 is 0 Å². The van der Waals surface area contributed by atoms with Crippen molar-refractivity contribution in [3.63, 3.8) is 0 Å². The maximum absolute atomic E-state index is 12.6. The summed E-state index contributed by atoms with van der Waals surface area (Å²) in [6.07, 6.45) is 0. The van der Waals surface area contributed by atoms with Gasteiger partial charge in [0, 0.05) is 0 Å². The van der Waals surface area contributed by atoms with Crippen LogP contribution in [0.4, 0.5) is 5.69 Å². The van der Waals surface area contributed by atoms with Gasteiger partial charge in [-0.25, -0.2) is 4.90 Å². The molecule has 0 spiro atoms. The van der Waals surface area contributed by atoms with Crippen LogP contribution in [-0.4, -0.2) is 11.8 Å². The number of nitrogens with zero attached hydrogens (tertiary/aromatic N) is 2. The van der Waals surface area contributed by atoms with Crippen molar-refractivity contribution < 1.29 is 9.59 Å². The Kier molecular flexibility index (Phi) is 2.84. The second kappa shape index (κ2) is 4.57. The minimum absolute atomic E-state index is 0.328. The molecular formula is C17H12N2O2. The first-order valence-corrected chi connectivity index (χ1v) is 6.53. The normalized spacial score (nSPS) is 13.3. The smallest absolute Gasteiger partial charge is 0.266 e. The third kappa shape index (κ3) is 1.83. The molecule has 3 rings (SSSR count). The molecule has 21 heavy (non-hydrogen) atoms. The average molecular weight is 276 g/mol. The number of hydrogen-bond donors (Lipinski definition) is 0. The molecule has 0 saturated heterocycles. The van der Waals surface area contributed by atoms with E-state index in [0.717, 1.165) is 16.0 Å². The van der Waals surface area contributed by atoms with Gasteiger partial charge in [0.2, 0.25) is 0 Å². The van der Waals surface area contributed by atoms with Crippen molar-refractivity contribution in [2.24, 2.45) is 0 Å². The number of hydrogen-bond acceptors (Lipinski definition) is 3. The summed E-state index contributed by atoms with van der Waals surface area (Å²) in [6.45, 7) is 3.64. The fourth-order valence-corrected chi connectivity index (χ4v) is 2.63. The molecule has 1 aliphatic rings. The molecule has 1 aliphatic heterocycles. The summed E-state index contributed by atoms with van der Waals surface area (Å²) in [5.74, 6) is -0.655. The molecule has 0 unspecified atom stereocenters. The molecule has 4 heteroatoms. The molecule has 0 saturated carbocycles. The van der Waals surface area contributed by atoms with Gasteiger partial charge in [-0.3, -0.25) is 9.59 Å². The Morgan fingerprint density at radius 1 is 0.952 bits per heavy atom. The Bertz CT molecular complexity index is 790. The highest BCUT2D eigenvalue weighted by Crippen LogP contribution is 2.32. The lowest BCUT2D eigenvalue weighted by atomic mass is 9.99. The van der Waals surface area contributed by atoms with Crippen molar-refractivity contribution in [2.75, 3.05) is 4.90 Å². The molecular weight excluding hydrogens is 264 g/mol. The SMILES string of the molecule is Cc1ccc(C)c2c1C(=O)N(c1cccc(C#N)c1)C2=O. The number of rotatable bonds is 1. The molecule has 2 aromatic rings. The number of imide groups is 1. The van der Waals surface area contributed by atoms with Gasteiger partial charge in [-0.05, 0) is 43.2 Å². The lowest BCUT2D eigenvalue weighted by Crippen LogP contribution is -2.29. The summed E-state index contributed by atoms with van der Waals surface area (Å²) in [6, 6.07) is 12.2. The second-order valence-corrected chi connectivity index (χ2v) is 5.06. The first-order chi connectivity index (χ1) is 10.0. The van der Waals surface area contributed by atoms with Crippen LogP contribution in [0.1, 0.15) is 37.4 Å². The Labute approximate surface area is 122 Å². The second-order valence-electron chi connectivity index (χ2n) is 5.06. The molecule has 2 amide bonds. The highest BCUT2D eigenvalue weighted by molar-refractivity contribution is 6.35. The van der Waals surface area contributed by atoms with Crippen LogP contribution < -0.4 is 4.90 Å². The molecule has 0 N–H and O–H groups in total. The van der Waals surface area contributed by atoms with Crippen LogP contribution in [0.3, 0.4) is 0 Å². The number of anilines is 1. The molecule has 0 atom stereocenters. The van der Waals surface area contributed by atoms with Crippen LogP contribution in [0.25, 0.3) is 0 Å². The van der Waals surface area contributed by atoms with E-state index in [9.17, 15) is 9.59 Å². The van der Waals surface area contributed by atoms with Gasteiger partial charge < -0.3 is 0 Å². The molecule has 0 radical (unpaired) electrons. The van der Waals surface area contributed by atoms with Crippen molar-refractivity contribution in [3.05, 3.63) is 64.2 Å². The van der Waals surface area contributed by atoms with Crippen LogP contribution in [0, 0.1) is 25.2 Å². The number of carbonyl (C=O) groups is 2. The van der Waals surface area contributed by atoms with E-state index in [0.29, 0.717) is 22.4 Å². The lowest BCUT2D eigenvalue weighted by Gasteiger charge is -2.14. The molecule has 0 fully saturated rings. The van der Waals surface area contributed by atoms with Crippen molar-refractivity contribution in [2.45, 2.75) is 13.8 Å². The van der Waals surface area contributed by atoms with Crippen LogP contribution >= 0.6 is 0 Å². The fourth-order valence-electron chi connectivity index (χ4n) is 2.63. The predicted octanol–water partition coefficient (Wildman–Crippen LogP) is 2.98. The van der Waals surface area contributed by atoms with E-state index < -0.39 is 0 Å². The van der Waals surface area contributed by atoms with Gasteiger partial charge in [-0.2, -0.15) is 5.26 Å². The third-order valence-electron chi connectivity index (χ3n) is 3.69. The minimum atomic E-state index is -0.328. The van der Waals surface area contributed by atoms with Crippen LogP contribution in [-0.2, 0) is 0 Å². The standard InChI is InChI=1S/C17H12N2O2/c1-10-6-7-11(2)15-14(10)16(20)19(17(15)21)13-5-3-4-12(8-13)9-18/h3-8H,1-2H3. The van der Waals surface area contributed by atoms with Gasteiger partial charge in [-0.1, -0.05) is 18.2 Å². The highest BCUT2D eigenvalue weighted by Gasteiger charge is 2.38. The van der Waals surface area contributed by atoms with E-state index in [2.05, 4.69) is 0 Å². The van der Waals surface area contributed by atoms with Crippen molar-refractivity contribution in [1.29, 1.82) is 5.26 Å². The van der Waals surface area contributed by atoms with E-state index in [1.54, 1.807) is 24.3 Å². The molecule has 0 aliphatic carbocycles. The molecule has 1 heterocycles. The maximum atomic E-state index is 12.6. The predicted molar refractivity (Wildman–Crippen MR) is 78.2 cm³/mol. The minimum Gasteiger partial charge on any atom is -0.268 e. The molecule has 2 aromatic carbocycles. The molecule has 0 aromatic heterocycles. The third-order valence-corrected chi connectivity index (χ3v) is 3.69. The first-order valence-electron chi connectivity index (χ1n) is 6.53. The summed E-state index contributed by atoms with van der Waals surface area (Å²) in [7, 11) is 0. The quantitative estimate of drug-likeness (QED) is 0.752. The van der Waals surface area contributed by atoms with Crippen molar-refractivity contribution in [1.82, 2.24) is 0 Å². The van der Waals surface area contributed by atoms with Crippen molar-refractivity contribution >= 4 is 17.5 Å².